The van der Waals surface area contributed by atoms with E-state index in [1.165, 1.54) is 0 Å². The van der Waals surface area contributed by atoms with Crippen molar-refractivity contribution >= 4 is 11.7 Å². The van der Waals surface area contributed by atoms with Gasteiger partial charge in [-0.1, -0.05) is 12.1 Å². The molecular weight excluding hydrogens is 360 g/mol. The Morgan fingerprint density at radius 1 is 1.25 bits per heavy atom. The summed E-state index contributed by atoms with van der Waals surface area (Å²) in [6.07, 6.45) is 4.69. The molecule has 0 saturated carbocycles. The minimum Gasteiger partial charge on any atom is -0.492 e. The number of likely N-dealkylation sites (tertiary alicyclic amines) is 1. The van der Waals surface area contributed by atoms with E-state index >= 15 is 0 Å². The van der Waals surface area contributed by atoms with Crippen molar-refractivity contribution in [2.75, 3.05) is 25.0 Å². The van der Waals surface area contributed by atoms with E-state index < -0.39 is 0 Å². The van der Waals surface area contributed by atoms with Crippen molar-refractivity contribution in [3.63, 3.8) is 0 Å². The van der Waals surface area contributed by atoms with Crippen LogP contribution in [0.2, 0.25) is 0 Å². The second-order valence-electron chi connectivity index (χ2n) is 6.58. The summed E-state index contributed by atoms with van der Waals surface area (Å²) in [6.45, 7) is 3.70. The summed E-state index contributed by atoms with van der Waals surface area (Å²) in [7, 11) is 0. The average molecular weight is 382 g/mol. The number of anilines is 1. The SMILES string of the molecule is CCOc1ccccc1NC(=O)N1CCC(c2nnc(-c3ccoc3)o2)CC1. The van der Waals surface area contributed by atoms with Gasteiger partial charge in [-0.05, 0) is 38.0 Å². The zero-order valence-corrected chi connectivity index (χ0v) is 15.6. The van der Waals surface area contributed by atoms with Gasteiger partial charge < -0.3 is 23.8 Å². The van der Waals surface area contributed by atoms with Crippen LogP contribution in [0.15, 0.2) is 51.7 Å². The van der Waals surface area contributed by atoms with Crippen molar-refractivity contribution in [1.82, 2.24) is 15.1 Å². The fourth-order valence-electron chi connectivity index (χ4n) is 3.28. The van der Waals surface area contributed by atoms with E-state index in [4.69, 9.17) is 13.6 Å². The molecule has 1 aliphatic heterocycles. The Labute approximate surface area is 162 Å². The first-order valence-corrected chi connectivity index (χ1v) is 9.38. The predicted octanol–water partition coefficient (Wildman–Crippen LogP) is 4.14. The highest BCUT2D eigenvalue weighted by atomic mass is 16.5. The molecule has 4 rings (SSSR count). The third-order valence-electron chi connectivity index (χ3n) is 4.77. The Kier molecular flexibility index (Phi) is 5.27. The maximum Gasteiger partial charge on any atom is 0.321 e. The molecule has 2 amide bonds. The third-order valence-corrected chi connectivity index (χ3v) is 4.77. The fraction of sp³-hybridized carbons (Fsp3) is 0.350. The van der Waals surface area contributed by atoms with Gasteiger partial charge in [0, 0.05) is 19.0 Å². The number of nitrogens with one attached hydrogen (secondary N) is 1. The van der Waals surface area contributed by atoms with Crippen molar-refractivity contribution in [1.29, 1.82) is 0 Å². The van der Waals surface area contributed by atoms with Crippen molar-refractivity contribution < 1.29 is 18.4 Å². The van der Waals surface area contributed by atoms with Crippen molar-refractivity contribution in [2.24, 2.45) is 0 Å². The molecule has 2 aromatic heterocycles. The van der Waals surface area contributed by atoms with E-state index in [0.29, 0.717) is 42.9 Å². The number of carbonyl (C=O) groups excluding carboxylic acids is 1. The summed E-state index contributed by atoms with van der Waals surface area (Å²) in [5.41, 5.74) is 1.45. The molecule has 146 valence electrons. The monoisotopic (exact) mass is 382 g/mol. The van der Waals surface area contributed by atoms with Crippen molar-refractivity contribution in [3.8, 4) is 17.2 Å². The summed E-state index contributed by atoms with van der Waals surface area (Å²) >= 11 is 0. The minimum absolute atomic E-state index is 0.129. The average Bonchev–Trinajstić information content (AvgIpc) is 3.42. The third kappa shape index (κ3) is 3.85. The molecule has 1 aromatic carbocycles. The van der Waals surface area contributed by atoms with E-state index in [1.807, 2.05) is 31.2 Å². The normalized spacial score (nSPS) is 14.8. The lowest BCUT2D eigenvalue weighted by molar-refractivity contribution is 0.190. The zero-order chi connectivity index (χ0) is 19.3. The van der Waals surface area contributed by atoms with Gasteiger partial charge in [-0.3, -0.25) is 0 Å². The summed E-state index contributed by atoms with van der Waals surface area (Å²) in [6, 6.07) is 9.09. The molecule has 0 aliphatic carbocycles. The zero-order valence-electron chi connectivity index (χ0n) is 15.6. The molecule has 8 heteroatoms. The lowest BCUT2D eigenvalue weighted by Gasteiger charge is -2.30. The highest BCUT2D eigenvalue weighted by molar-refractivity contribution is 5.91. The van der Waals surface area contributed by atoms with Crippen LogP contribution >= 0.6 is 0 Å². The molecule has 8 nitrogen and oxygen atoms in total. The molecule has 3 aromatic rings. The first-order valence-electron chi connectivity index (χ1n) is 9.38. The molecular formula is C20H22N4O4. The first-order chi connectivity index (χ1) is 13.7. The van der Waals surface area contributed by atoms with Crippen LogP contribution in [0.25, 0.3) is 11.5 Å². The maximum atomic E-state index is 12.6. The van der Waals surface area contributed by atoms with Gasteiger partial charge in [-0.2, -0.15) is 0 Å². The number of benzene rings is 1. The fourth-order valence-corrected chi connectivity index (χ4v) is 3.28. The Hall–Kier alpha value is -3.29. The van der Waals surface area contributed by atoms with Crippen LogP contribution < -0.4 is 10.1 Å². The molecule has 1 saturated heterocycles. The van der Waals surface area contributed by atoms with Gasteiger partial charge in [-0.15, -0.1) is 10.2 Å². The number of carbonyl (C=O) groups is 1. The number of furan rings is 1. The Bertz CT molecular complexity index is 914. The molecule has 0 unspecified atom stereocenters. The van der Waals surface area contributed by atoms with Gasteiger partial charge in [-0.25, -0.2) is 4.79 Å². The Balaban J connectivity index is 1.35. The largest absolute Gasteiger partial charge is 0.492 e. The molecule has 0 atom stereocenters. The summed E-state index contributed by atoms with van der Waals surface area (Å²) < 4.78 is 16.4. The Morgan fingerprint density at radius 2 is 2.07 bits per heavy atom. The topological polar surface area (TPSA) is 93.6 Å². The number of rotatable bonds is 5. The molecule has 3 heterocycles. The molecule has 1 aliphatic rings. The van der Waals surface area contributed by atoms with E-state index in [-0.39, 0.29) is 11.9 Å². The Morgan fingerprint density at radius 3 is 2.82 bits per heavy atom. The smallest absolute Gasteiger partial charge is 0.321 e. The summed E-state index contributed by atoms with van der Waals surface area (Å²) in [5.74, 6) is 1.88. The highest BCUT2D eigenvalue weighted by Gasteiger charge is 2.28. The highest BCUT2D eigenvalue weighted by Crippen LogP contribution is 2.30. The second-order valence-corrected chi connectivity index (χ2v) is 6.58. The van der Waals surface area contributed by atoms with Crippen molar-refractivity contribution in [2.45, 2.75) is 25.7 Å². The minimum atomic E-state index is -0.129. The number of para-hydroxylation sites is 2. The van der Waals surface area contributed by atoms with Crippen LogP contribution in [0.4, 0.5) is 10.5 Å². The van der Waals surface area contributed by atoms with Gasteiger partial charge in [0.1, 0.15) is 12.0 Å². The predicted molar refractivity (Wildman–Crippen MR) is 102 cm³/mol. The molecule has 1 fully saturated rings. The number of ether oxygens (including phenoxy) is 1. The number of hydrogen-bond donors (Lipinski definition) is 1. The molecule has 1 N–H and O–H groups in total. The van der Waals surface area contributed by atoms with E-state index in [1.54, 1.807) is 23.5 Å². The number of urea groups is 1. The number of aromatic nitrogens is 2. The van der Waals surface area contributed by atoms with E-state index in [9.17, 15) is 4.79 Å². The van der Waals surface area contributed by atoms with Gasteiger partial charge in [0.2, 0.25) is 5.89 Å². The van der Waals surface area contributed by atoms with Gasteiger partial charge in [0.05, 0.1) is 24.1 Å². The van der Waals surface area contributed by atoms with Crippen LogP contribution in [0.5, 0.6) is 5.75 Å². The van der Waals surface area contributed by atoms with Gasteiger partial charge >= 0.3 is 6.03 Å². The molecule has 0 spiro atoms. The van der Waals surface area contributed by atoms with E-state index in [2.05, 4.69) is 15.5 Å². The lowest BCUT2D eigenvalue weighted by atomic mass is 9.97. The van der Waals surface area contributed by atoms with Crippen LogP contribution in [-0.4, -0.2) is 40.8 Å². The number of piperidine rings is 1. The summed E-state index contributed by atoms with van der Waals surface area (Å²) in [4.78, 5) is 14.4. The molecule has 0 bridgehead atoms. The number of amides is 2. The van der Waals surface area contributed by atoms with E-state index in [0.717, 1.165) is 18.4 Å². The van der Waals surface area contributed by atoms with Crippen LogP contribution in [0.1, 0.15) is 31.6 Å². The van der Waals surface area contributed by atoms with Crippen molar-refractivity contribution in [3.05, 3.63) is 48.7 Å². The van der Waals surface area contributed by atoms with Gasteiger partial charge in [0.25, 0.3) is 5.89 Å². The van der Waals surface area contributed by atoms with Gasteiger partial charge in [0.15, 0.2) is 0 Å². The van der Waals surface area contributed by atoms with Crippen LogP contribution in [0.3, 0.4) is 0 Å². The molecule has 0 radical (unpaired) electrons. The molecule has 28 heavy (non-hydrogen) atoms. The van der Waals surface area contributed by atoms with Crippen LogP contribution in [0, 0.1) is 0 Å². The number of nitrogens with zero attached hydrogens (tertiary/aromatic N) is 3. The van der Waals surface area contributed by atoms with Crippen LogP contribution in [-0.2, 0) is 0 Å². The maximum absolute atomic E-state index is 12.6. The second kappa shape index (κ2) is 8.16. The summed E-state index contributed by atoms with van der Waals surface area (Å²) in [5, 5.41) is 11.2. The quantitative estimate of drug-likeness (QED) is 0.713. The lowest BCUT2D eigenvalue weighted by Crippen LogP contribution is -2.40. The standard InChI is InChI=1S/C20H22N4O4/c1-2-27-17-6-4-3-5-16(17)21-20(25)24-10-7-14(8-11-24)18-22-23-19(28-18)15-9-12-26-13-15/h3-6,9,12-14H,2,7-8,10-11H2,1H3,(H,21,25). The first kappa shape index (κ1) is 18.1. The number of hydrogen-bond acceptors (Lipinski definition) is 6.